The molecule has 3 atom stereocenters. The summed E-state index contributed by atoms with van der Waals surface area (Å²) in [6.45, 7) is 0.647. The van der Waals surface area contributed by atoms with Gasteiger partial charge in [-0.25, -0.2) is 4.79 Å². The van der Waals surface area contributed by atoms with E-state index in [4.69, 9.17) is 0 Å². The summed E-state index contributed by atoms with van der Waals surface area (Å²) in [7, 11) is 0. The number of allylic oxidation sites excluding steroid dienone is 2. The Morgan fingerprint density at radius 1 is 1.44 bits per heavy atom. The molecule has 0 aliphatic heterocycles. The number of carbonyl (C=O) groups is 1. The minimum absolute atomic E-state index is 0.188. The second-order valence-corrected chi connectivity index (χ2v) is 5.15. The van der Waals surface area contributed by atoms with Gasteiger partial charge in [-0.2, -0.15) is 0 Å². The predicted molar refractivity (Wildman–Crippen MR) is 65.1 cm³/mol. The molecule has 0 aromatic carbocycles. The van der Waals surface area contributed by atoms with Crippen LogP contribution in [-0.2, 0) is 0 Å². The van der Waals surface area contributed by atoms with Crippen LogP contribution >= 0.6 is 0 Å². The van der Waals surface area contributed by atoms with Gasteiger partial charge in [-0.1, -0.05) is 12.2 Å². The van der Waals surface area contributed by atoms with Gasteiger partial charge < -0.3 is 9.73 Å². The highest BCUT2D eigenvalue weighted by molar-refractivity contribution is 5.91. The lowest BCUT2D eigenvalue weighted by molar-refractivity contribution is 0.0945. The number of nitrogens with one attached hydrogen (secondary N) is 2. The highest BCUT2D eigenvalue weighted by Gasteiger charge is 2.34. The summed E-state index contributed by atoms with van der Waals surface area (Å²) < 4.78 is 4.52. The van der Waals surface area contributed by atoms with Crippen LogP contribution in [0.1, 0.15) is 29.8 Å². The second kappa shape index (κ2) is 4.48. The molecule has 1 saturated carbocycles. The van der Waals surface area contributed by atoms with Gasteiger partial charge in [-0.15, -0.1) is 0 Å². The molecular formula is C13H16N2O3. The Morgan fingerprint density at radius 2 is 2.33 bits per heavy atom. The summed E-state index contributed by atoms with van der Waals surface area (Å²) in [6, 6.07) is 0. The highest BCUT2D eigenvalue weighted by Crippen LogP contribution is 2.44. The Bertz CT molecular complexity index is 528. The molecule has 0 radical (unpaired) electrons. The maximum Gasteiger partial charge on any atom is 0.416 e. The van der Waals surface area contributed by atoms with Gasteiger partial charge in [-0.3, -0.25) is 9.78 Å². The molecule has 1 heterocycles. The number of H-pyrrole nitrogens is 1. The third-order valence-corrected chi connectivity index (χ3v) is 3.98. The lowest BCUT2D eigenvalue weighted by Crippen LogP contribution is -2.27. The number of carbonyl (C=O) groups excluding carboxylic acids is 1. The first-order valence-corrected chi connectivity index (χ1v) is 6.36. The molecule has 18 heavy (non-hydrogen) atoms. The molecule has 1 fully saturated rings. The third-order valence-electron chi connectivity index (χ3n) is 3.98. The minimum Gasteiger partial charge on any atom is -0.416 e. The molecule has 0 unspecified atom stereocenters. The topological polar surface area (TPSA) is 75.1 Å². The Labute approximate surface area is 104 Å². The summed E-state index contributed by atoms with van der Waals surface area (Å²) in [5.41, 5.74) is 0.188. The van der Waals surface area contributed by atoms with Crippen molar-refractivity contribution in [1.82, 2.24) is 10.3 Å². The van der Waals surface area contributed by atoms with Crippen LogP contribution in [0.25, 0.3) is 0 Å². The first kappa shape index (κ1) is 11.3. The fourth-order valence-electron chi connectivity index (χ4n) is 3.08. The van der Waals surface area contributed by atoms with Crippen LogP contribution in [0.4, 0.5) is 0 Å². The summed E-state index contributed by atoms with van der Waals surface area (Å²) in [6.07, 6.45) is 9.31. The molecule has 96 valence electrons. The SMILES string of the molecule is O=C(NCC[C@@H]1C[C@@H]2C=C[C@H]1C2)c1coc(=O)[nH]1. The summed E-state index contributed by atoms with van der Waals surface area (Å²) in [4.78, 5) is 24.7. The Hall–Kier alpha value is -1.78. The second-order valence-electron chi connectivity index (χ2n) is 5.15. The molecule has 1 aromatic rings. The number of aromatic amines is 1. The smallest absolute Gasteiger partial charge is 0.416 e. The van der Waals surface area contributed by atoms with E-state index in [2.05, 4.69) is 26.9 Å². The zero-order valence-corrected chi connectivity index (χ0v) is 10.0. The number of aromatic nitrogens is 1. The van der Waals surface area contributed by atoms with E-state index in [9.17, 15) is 9.59 Å². The lowest BCUT2D eigenvalue weighted by Gasteiger charge is -2.17. The van der Waals surface area contributed by atoms with Crippen molar-refractivity contribution in [1.29, 1.82) is 0 Å². The fraction of sp³-hybridized carbons (Fsp3) is 0.538. The van der Waals surface area contributed by atoms with E-state index < -0.39 is 5.76 Å². The first-order chi connectivity index (χ1) is 8.72. The molecule has 2 aliphatic carbocycles. The van der Waals surface area contributed by atoms with Gasteiger partial charge in [0.2, 0.25) is 0 Å². The van der Waals surface area contributed by atoms with Crippen molar-refractivity contribution < 1.29 is 9.21 Å². The van der Waals surface area contributed by atoms with Crippen molar-refractivity contribution in [2.24, 2.45) is 17.8 Å². The third kappa shape index (κ3) is 2.12. The number of amides is 1. The average Bonchev–Trinajstić information content (AvgIpc) is 3.04. The van der Waals surface area contributed by atoms with E-state index in [0.717, 1.165) is 18.6 Å². The van der Waals surface area contributed by atoms with Gasteiger partial charge >= 0.3 is 5.76 Å². The minimum atomic E-state index is -0.599. The molecule has 0 saturated heterocycles. The molecule has 2 bridgehead atoms. The van der Waals surface area contributed by atoms with Crippen LogP contribution in [0.2, 0.25) is 0 Å². The molecule has 3 rings (SSSR count). The molecule has 1 amide bonds. The molecule has 1 aromatic heterocycles. The summed E-state index contributed by atoms with van der Waals surface area (Å²) in [5.74, 6) is 1.29. The predicted octanol–water partition coefficient (Wildman–Crippen LogP) is 1.30. The zero-order chi connectivity index (χ0) is 12.5. The molecule has 5 nitrogen and oxygen atoms in total. The Morgan fingerprint density at radius 3 is 2.94 bits per heavy atom. The van der Waals surface area contributed by atoms with Crippen molar-refractivity contribution in [2.45, 2.75) is 19.3 Å². The van der Waals surface area contributed by atoms with Gasteiger partial charge in [0.25, 0.3) is 5.91 Å². The fourth-order valence-corrected chi connectivity index (χ4v) is 3.08. The Kier molecular flexibility index (Phi) is 2.81. The van der Waals surface area contributed by atoms with Gasteiger partial charge in [-0.05, 0) is 37.0 Å². The van der Waals surface area contributed by atoms with Crippen molar-refractivity contribution in [3.05, 3.63) is 34.7 Å². The highest BCUT2D eigenvalue weighted by atomic mass is 16.4. The summed E-state index contributed by atoms with van der Waals surface area (Å²) in [5, 5.41) is 2.81. The van der Waals surface area contributed by atoms with E-state index in [0.29, 0.717) is 18.4 Å². The van der Waals surface area contributed by atoms with Crippen LogP contribution < -0.4 is 11.1 Å². The van der Waals surface area contributed by atoms with Crippen molar-refractivity contribution in [3.8, 4) is 0 Å². The number of rotatable bonds is 4. The van der Waals surface area contributed by atoms with E-state index in [1.165, 1.54) is 12.8 Å². The molecular weight excluding hydrogens is 232 g/mol. The van der Waals surface area contributed by atoms with Gasteiger partial charge in [0.15, 0.2) is 0 Å². The van der Waals surface area contributed by atoms with Crippen LogP contribution in [-0.4, -0.2) is 17.4 Å². The van der Waals surface area contributed by atoms with Crippen LogP contribution in [0.5, 0.6) is 0 Å². The number of hydrogen-bond donors (Lipinski definition) is 2. The average molecular weight is 248 g/mol. The van der Waals surface area contributed by atoms with E-state index in [1.54, 1.807) is 0 Å². The quantitative estimate of drug-likeness (QED) is 0.789. The van der Waals surface area contributed by atoms with E-state index in [1.807, 2.05) is 0 Å². The first-order valence-electron chi connectivity index (χ1n) is 6.36. The maximum absolute atomic E-state index is 11.6. The number of hydrogen-bond acceptors (Lipinski definition) is 3. The standard InChI is InChI=1S/C13H16N2O3/c16-12(11-7-18-13(17)15-11)14-4-3-10-6-8-1-2-9(10)5-8/h1-2,7-10H,3-6H2,(H,14,16)(H,15,17)/t8-,9+,10-/m1/s1. The summed E-state index contributed by atoms with van der Waals surface area (Å²) >= 11 is 0. The van der Waals surface area contributed by atoms with Crippen LogP contribution in [0.3, 0.4) is 0 Å². The zero-order valence-electron chi connectivity index (χ0n) is 10.0. The van der Waals surface area contributed by atoms with Crippen LogP contribution in [0.15, 0.2) is 27.6 Å². The van der Waals surface area contributed by atoms with Crippen molar-refractivity contribution >= 4 is 5.91 Å². The molecule has 2 aliphatic rings. The van der Waals surface area contributed by atoms with Gasteiger partial charge in [0, 0.05) is 6.54 Å². The van der Waals surface area contributed by atoms with Crippen molar-refractivity contribution in [3.63, 3.8) is 0 Å². The monoisotopic (exact) mass is 248 g/mol. The number of oxazole rings is 1. The Balaban J connectivity index is 1.46. The van der Waals surface area contributed by atoms with Gasteiger partial charge in [0.1, 0.15) is 12.0 Å². The van der Waals surface area contributed by atoms with E-state index in [-0.39, 0.29) is 11.6 Å². The van der Waals surface area contributed by atoms with Crippen molar-refractivity contribution in [2.75, 3.05) is 6.54 Å². The van der Waals surface area contributed by atoms with Crippen LogP contribution in [0, 0.1) is 17.8 Å². The van der Waals surface area contributed by atoms with Gasteiger partial charge in [0.05, 0.1) is 0 Å². The molecule has 0 spiro atoms. The lowest BCUT2D eigenvalue weighted by atomic mass is 9.91. The molecule has 5 heteroatoms. The molecule has 2 N–H and O–H groups in total. The largest absolute Gasteiger partial charge is 0.416 e. The van der Waals surface area contributed by atoms with E-state index >= 15 is 0 Å². The number of fused-ring (bicyclic) bond motifs is 2. The normalized spacial score (nSPS) is 28.8. The maximum atomic E-state index is 11.6.